The molecule has 0 aliphatic carbocycles. The maximum atomic E-state index is 11.8. The van der Waals surface area contributed by atoms with E-state index in [0.29, 0.717) is 30.0 Å². The molecule has 1 N–H and O–H groups in total. The van der Waals surface area contributed by atoms with Gasteiger partial charge in [0.1, 0.15) is 0 Å². The maximum absolute atomic E-state index is 11.8. The monoisotopic (exact) mass is 393 g/mol. The number of anilines is 1. The molecule has 152 valence electrons. The molecule has 29 heavy (non-hydrogen) atoms. The number of hydrogen-bond acceptors (Lipinski definition) is 4. The van der Waals surface area contributed by atoms with Gasteiger partial charge in [-0.25, -0.2) is 9.48 Å². The van der Waals surface area contributed by atoms with Crippen molar-refractivity contribution in [3.8, 4) is 23.1 Å². The van der Waals surface area contributed by atoms with E-state index in [2.05, 4.69) is 29.2 Å². The van der Waals surface area contributed by atoms with E-state index in [9.17, 15) is 4.79 Å². The Morgan fingerprint density at radius 2 is 1.83 bits per heavy atom. The van der Waals surface area contributed by atoms with Gasteiger partial charge in [-0.3, -0.25) is 0 Å². The van der Waals surface area contributed by atoms with Crippen molar-refractivity contribution in [3.63, 3.8) is 0 Å². The van der Waals surface area contributed by atoms with Crippen molar-refractivity contribution in [1.82, 2.24) is 19.7 Å². The Bertz CT molecular complexity index is 977. The molecule has 7 heteroatoms. The Morgan fingerprint density at radius 1 is 1.14 bits per heavy atom. The van der Waals surface area contributed by atoms with Gasteiger partial charge in [0.2, 0.25) is 0 Å². The topological polar surface area (TPSA) is 72.3 Å². The number of aryl methyl sites for hydroxylation is 1. The Labute approximate surface area is 171 Å². The van der Waals surface area contributed by atoms with Crippen LogP contribution < -0.4 is 10.1 Å². The van der Waals surface area contributed by atoms with Gasteiger partial charge in [-0.15, -0.1) is 5.10 Å². The molecule has 1 aromatic heterocycles. The van der Waals surface area contributed by atoms with Crippen LogP contribution in [0.2, 0.25) is 0 Å². The SMILES string of the molecule is Cc1ccccc1-c1nc(OCC(C)C)nn1-c1ccc(NC(=O)N(C)C)cc1. The summed E-state index contributed by atoms with van der Waals surface area (Å²) in [6, 6.07) is 15.7. The molecule has 7 nitrogen and oxygen atoms in total. The number of nitrogens with zero attached hydrogens (tertiary/aromatic N) is 4. The maximum Gasteiger partial charge on any atom is 0.336 e. The zero-order valence-electron chi connectivity index (χ0n) is 17.5. The van der Waals surface area contributed by atoms with Gasteiger partial charge in [0.15, 0.2) is 5.82 Å². The van der Waals surface area contributed by atoms with Crippen molar-refractivity contribution < 1.29 is 9.53 Å². The summed E-state index contributed by atoms with van der Waals surface area (Å²) in [6.45, 7) is 6.76. The van der Waals surface area contributed by atoms with Crippen LogP contribution in [0, 0.1) is 12.8 Å². The lowest BCUT2D eigenvalue weighted by atomic mass is 10.1. The number of hydrogen-bond donors (Lipinski definition) is 1. The number of rotatable bonds is 6. The molecule has 2 aromatic carbocycles. The molecule has 0 aliphatic rings. The molecule has 0 radical (unpaired) electrons. The molecule has 3 rings (SSSR count). The van der Waals surface area contributed by atoms with E-state index >= 15 is 0 Å². The van der Waals surface area contributed by atoms with Crippen molar-refractivity contribution in [3.05, 3.63) is 54.1 Å². The summed E-state index contributed by atoms with van der Waals surface area (Å²) < 4.78 is 7.54. The van der Waals surface area contributed by atoms with E-state index in [0.717, 1.165) is 16.8 Å². The average Bonchev–Trinajstić information content (AvgIpc) is 3.11. The summed E-state index contributed by atoms with van der Waals surface area (Å²) >= 11 is 0. The first kappa shape index (κ1) is 20.4. The zero-order valence-corrected chi connectivity index (χ0v) is 17.5. The molecular weight excluding hydrogens is 366 g/mol. The molecule has 1 heterocycles. The van der Waals surface area contributed by atoms with Crippen LogP contribution in [0.1, 0.15) is 19.4 Å². The normalized spacial score (nSPS) is 10.8. The smallest absolute Gasteiger partial charge is 0.336 e. The van der Waals surface area contributed by atoms with E-state index in [1.165, 1.54) is 4.90 Å². The standard InChI is InChI=1S/C22H27N5O2/c1-15(2)14-29-21-24-20(19-9-7-6-8-16(19)3)27(25-21)18-12-10-17(11-13-18)23-22(28)26(4)5/h6-13,15H,14H2,1-5H3,(H,23,28). The predicted molar refractivity (Wildman–Crippen MR) is 115 cm³/mol. The fourth-order valence-electron chi connectivity index (χ4n) is 2.69. The first-order valence-corrected chi connectivity index (χ1v) is 9.59. The summed E-state index contributed by atoms with van der Waals surface area (Å²) in [4.78, 5) is 18.0. The van der Waals surface area contributed by atoms with Crippen molar-refractivity contribution >= 4 is 11.7 Å². The highest BCUT2D eigenvalue weighted by atomic mass is 16.5. The molecule has 2 amide bonds. The van der Waals surface area contributed by atoms with Crippen LogP contribution in [-0.4, -0.2) is 46.4 Å². The minimum absolute atomic E-state index is 0.177. The van der Waals surface area contributed by atoms with Crippen LogP contribution in [0.3, 0.4) is 0 Å². The Morgan fingerprint density at radius 3 is 2.45 bits per heavy atom. The fraction of sp³-hybridized carbons (Fsp3) is 0.318. The van der Waals surface area contributed by atoms with Gasteiger partial charge in [-0.2, -0.15) is 4.98 Å². The number of nitrogens with one attached hydrogen (secondary N) is 1. The minimum Gasteiger partial charge on any atom is -0.462 e. The summed E-state index contributed by atoms with van der Waals surface area (Å²) in [5, 5.41) is 7.41. The molecule has 0 bridgehead atoms. The third-order valence-electron chi connectivity index (χ3n) is 4.29. The van der Waals surface area contributed by atoms with Crippen LogP contribution in [0.15, 0.2) is 48.5 Å². The third-order valence-corrected chi connectivity index (χ3v) is 4.29. The summed E-state index contributed by atoms with van der Waals surface area (Å²) in [7, 11) is 3.40. The van der Waals surface area contributed by atoms with Crippen LogP contribution in [0.25, 0.3) is 17.1 Å². The second-order valence-corrected chi connectivity index (χ2v) is 7.52. The van der Waals surface area contributed by atoms with Gasteiger partial charge in [0, 0.05) is 25.3 Å². The molecule has 3 aromatic rings. The number of carbonyl (C=O) groups excluding carboxylic acids is 1. The van der Waals surface area contributed by atoms with E-state index in [1.807, 2.05) is 55.5 Å². The second kappa shape index (κ2) is 8.77. The van der Waals surface area contributed by atoms with Crippen LogP contribution in [0.5, 0.6) is 6.01 Å². The highest BCUT2D eigenvalue weighted by molar-refractivity contribution is 5.89. The van der Waals surface area contributed by atoms with Crippen LogP contribution >= 0.6 is 0 Å². The highest BCUT2D eigenvalue weighted by Gasteiger charge is 2.16. The quantitative estimate of drug-likeness (QED) is 0.675. The van der Waals surface area contributed by atoms with Crippen LogP contribution in [0.4, 0.5) is 10.5 Å². The lowest BCUT2D eigenvalue weighted by Gasteiger charge is -2.12. The Balaban J connectivity index is 1.96. The number of carbonyl (C=O) groups is 1. The van der Waals surface area contributed by atoms with Crippen molar-refractivity contribution in [2.45, 2.75) is 20.8 Å². The highest BCUT2D eigenvalue weighted by Crippen LogP contribution is 2.27. The molecule has 0 unspecified atom stereocenters. The number of benzene rings is 2. The largest absolute Gasteiger partial charge is 0.462 e. The summed E-state index contributed by atoms with van der Waals surface area (Å²) in [5.74, 6) is 1.09. The second-order valence-electron chi connectivity index (χ2n) is 7.52. The Kier molecular flexibility index (Phi) is 6.16. The molecular formula is C22H27N5O2. The van der Waals surface area contributed by atoms with Crippen molar-refractivity contribution in [2.75, 3.05) is 26.0 Å². The molecule has 0 spiro atoms. The van der Waals surface area contributed by atoms with Crippen molar-refractivity contribution in [2.24, 2.45) is 5.92 Å². The molecule has 0 saturated carbocycles. The summed E-state index contributed by atoms with van der Waals surface area (Å²) in [5.41, 5.74) is 3.63. The van der Waals surface area contributed by atoms with Gasteiger partial charge in [-0.1, -0.05) is 38.1 Å². The molecule has 0 aliphatic heterocycles. The number of ether oxygens (including phenoxy) is 1. The number of urea groups is 1. The zero-order chi connectivity index (χ0) is 21.0. The average molecular weight is 393 g/mol. The lowest BCUT2D eigenvalue weighted by molar-refractivity contribution is 0.230. The van der Waals surface area contributed by atoms with Gasteiger partial charge < -0.3 is 15.0 Å². The fourth-order valence-corrected chi connectivity index (χ4v) is 2.69. The predicted octanol–water partition coefficient (Wildman–Crippen LogP) is 4.37. The van der Waals surface area contributed by atoms with Gasteiger partial charge in [0.05, 0.1) is 12.3 Å². The number of amides is 2. The van der Waals surface area contributed by atoms with E-state index in [4.69, 9.17) is 4.74 Å². The van der Waals surface area contributed by atoms with Gasteiger partial charge in [0.25, 0.3) is 0 Å². The Hall–Kier alpha value is -3.35. The van der Waals surface area contributed by atoms with Gasteiger partial charge >= 0.3 is 12.0 Å². The van der Waals surface area contributed by atoms with Crippen molar-refractivity contribution in [1.29, 1.82) is 0 Å². The molecule has 0 fully saturated rings. The van der Waals surface area contributed by atoms with Gasteiger partial charge in [-0.05, 0) is 42.7 Å². The van der Waals surface area contributed by atoms with Crippen LogP contribution in [-0.2, 0) is 0 Å². The number of aromatic nitrogens is 3. The first-order valence-electron chi connectivity index (χ1n) is 9.59. The third kappa shape index (κ3) is 4.93. The summed E-state index contributed by atoms with van der Waals surface area (Å²) in [6.07, 6.45) is 0. The van der Waals surface area contributed by atoms with E-state index in [-0.39, 0.29) is 6.03 Å². The molecule has 0 saturated heterocycles. The molecule has 0 atom stereocenters. The minimum atomic E-state index is -0.177. The first-order chi connectivity index (χ1) is 13.8. The van der Waals surface area contributed by atoms with E-state index in [1.54, 1.807) is 18.8 Å². The van der Waals surface area contributed by atoms with E-state index < -0.39 is 0 Å². The lowest BCUT2D eigenvalue weighted by Crippen LogP contribution is -2.27.